The van der Waals surface area contributed by atoms with Crippen LogP contribution in [-0.2, 0) is 25.6 Å². The number of aromatic hydroxyl groups is 1. The second-order valence-electron chi connectivity index (χ2n) is 8.22. The molecule has 8 nitrogen and oxygen atoms in total. The minimum absolute atomic E-state index is 0.00535. The molecule has 1 saturated carbocycles. The van der Waals surface area contributed by atoms with Crippen LogP contribution in [0.1, 0.15) is 49.0 Å². The summed E-state index contributed by atoms with van der Waals surface area (Å²) < 4.78 is 0. The highest BCUT2D eigenvalue weighted by atomic mass is 16.3. The standard InChI is InChI=1S/C22H25NO7/c1-10(25)7-16(27)17-13(5-6-24)9-14-8-12-3-4-15(23-11(2)26)20(28)18(12)22(30)19(14)21(17)29/h3-4,13-14,17,19,24,28H,5-9H2,1-2H3,(H,23,26). The third-order valence-corrected chi connectivity index (χ3v) is 6.02. The molecule has 1 aromatic rings. The molecule has 8 heteroatoms. The van der Waals surface area contributed by atoms with E-state index in [-0.39, 0.29) is 41.7 Å². The number of benzene rings is 1. The molecule has 4 unspecified atom stereocenters. The first-order valence-corrected chi connectivity index (χ1v) is 9.99. The molecule has 2 aliphatic rings. The van der Waals surface area contributed by atoms with Gasteiger partial charge in [-0.1, -0.05) is 6.07 Å². The SMILES string of the molecule is CC(=O)CC(=O)C1C(=O)C2C(=O)c3c(ccc(NC(C)=O)c3O)CC2CC1CCO. The first-order valence-electron chi connectivity index (χ1n) is 9.99. The van der Waals surface area contributed by atoms with Gasteiger partial charge >= 0.3 is 0 Å². The molecule has 0 aromatic heterocycles. The summed E-state index contributed by atoms with van der Waals surface area (Å²) in [5, 5.41) is 22.4. The molecule has 4 atom stereocenters. The predicted molar refractivity (Wildman–Crippen MR) is 106 cm³/mol. The number of hydrogen-bond acceptors (Lipinski definition) is 7. The van der Waals surface area contributed by atoms with Gasteiger partial charge in [0.1, 0.15) is 11.5 Å². The fraction of sp³-hybridized carbons (Fsp3) is 0.500. The Balaban J connectivity index is 2.01. The van der Waals surface area contributed by atoms with Crippen molar-refractivity contribution in [3.8, 4) is 5.75 Å². The van der Waals surface area contributed by atoms with E-state index in [9.17, 15) is 34.2 Å². The number of ketones is 4. The van der Waals surface area contributed by atoms with Crippen LogP contribution in [0.5, 0.6) is 5.75 Å². The maximum Gasteiger partial charge on any atom is 0.221 e. The quantitative estimate of drug-likeness (QED) is 0.472. The molecule has 0 saturated heterocycles. The lowest BCUT2D eigenvalue weighted by Gasteiger charge is -2.41. The van der Waals surface area contributed by atoms with Crippen molar-refractivity contribution in [3.63, 3.8) is 0 Å². The zero-order valence-corrected chi connectivity index (χ0v) is 16.9. The number of hydrogen-bond donors (Lipinski definition) is 3. The number of Topliss-reactive ketones (excluding diaryl/α,β-unsaturated/α-hetero) is 4. The summed E-state index contributed by atoms with van der Waals surface area (Å²) in [5.74, 6) is -5.80. The van der Waals surface area contributed by atoms with Gasteiger partial charge < -0.3 is 15.5 Å². The van der Waals surface area contributed by atoms with Gasteiger partial charge in [-0.15, -0.1) is 0 Å². The molecule has 0 bridgehead atoms. The third-order valence-electron chi connectivity index (χ3n) is 6.02. The van der Waals surface area contributed by atoms with Gasteiger partial charge in [-0.3, -0.25) is 24.0 Å². The number of carbonyl (C=O) groups is 5. The molecule has 0 radical (unpaired) electrons. The zero-order valence-electron chi connectivity index (χ0n) is 16.9. The van der Waals surface area contributed by atoms with Gasteiger partial charge in [0.15, 0.2) is 17.3 Å². The predicted octanol–water partition coefficient (Wildman–Crippen LogP) is 1.46. The Hall–Kier alpha value is -2.87. The van der Waals surface area contributed by atoms with Crippen LogP contribution in [0.25, 0.3) is 0 Å². The van der Waals surface area contributed by atoms with E-state index in [1.165, 1.54) is 19.9 Å². The van der Waals surface area contributed by atoms with Gasteiger partial charge in [0, 0.05) is 13.5 Å². The number of phenolic OH excluding ortho intramolecular Hbond substituents is 1. The summed E-state index contributed by atoms with van der Waals surface area (Å²) in [6, 6.07) is 3.16. The summed E-state index contributed by atoms with van der Waals surface area (Å²) >= 11 is 0. The fourth-order valence-electron chi connectivity index (χ4n) is 4.90. The summed E-state index contributed by atoms with van der Waals surface area (Å²) in [7, 11) is 0. The second-order valence-corrected chi connectivity index (χ2v) is 8.22. The van der Waals surface area contributed by atoms with Crippen LogP contribution in [0.4, 0.5) is 5.69 Å². The molecule has 30 heavy (non-hydrogen) atoms. The summed E-state index contributed by atoms with van der Waals surface area (Å²) in [6.07, 6.45) is 0.598. The molecule has 2 aliphatic carbocycles. The van der Waals surface area contributed by atoms with Gasteiger partial charge in [0.2, 0.25) is 5.91 Å². The van der Waals surface area contributed by atoms with Crippen LogP contribution >= 0.6 is 0 Å². The van der Waals surface area contributed by atoms with Crippen molar-refractivity contribution < 1.29 is 34.2 Å². The number of rotatable bonds is 6. The average Bonchev–Trinajstić information content (AvgIpc) is 2.63. The minimum Gasteiger partial charge on any atom is -0.505 e. The highest BCUT2D eigenvalue weighted by Gasteiger charge is 2.52. The van der Waals surface area contributed by atoms with Gasteiger partial charge in [-0.05, 0) is 49.7 Å². The van der Waals surface area contributed by atoms with Crippen LogP contribution in [-0.4, -0.2) is 45.9 Å². The fourth-order valence-corrected chi connectivity index (χ4v) is 4.90. The second kappa shape index (κ2) is 8.47. The van der Waals surface area contributed by atoms with Crippen molar-refractivity contribution in [3.05, 3.63) is 23.3 Å². The molecule has 1 aromatic carbocycles. The van der Waals surface area contributed by atoms with E-state index in [1.54, 1.807) is 6.07 Å². The normalized spacial score (nSPS) is 25.3. The van der Waals surface area contributed by atoms with Crippen molar-refractivity contribution in [2.75, 3.05) is 11.9 Å². The molecule has 1 amide bonds. The van der Waals surface area contributed by atoms with Gasteiger partial charge in [-0.25, -0.2) is 0 Å². The van der Waals surface area contributed by atoms with Gasteiger partial charge in [0.05, 0.1) is 29.5 Å². The molecule has 3 N–H and O–H groups in total. The minimum atomic E-state index is -1.12. The highest BCUT2D eigenvalue weighted by molar-refractivity contribution is 6.20. The van der Waals surface area contributed by atoms with Crippen molar-refractivity contribution >= 4 is 34.7 Å². The summed E-state index contributed by atoms with van der Waals surface area (Å²) in [5.41, 5.74) is 0.657. The molecule has 3 rings (SSSR count). The number of aliphatic hydroxyl groups is 1. The van der Waals surface area contributed by atoms with E-state index in [4.69, 9.17) is 0 Å². The highest BCUT2D eigenvalue weighted by Crippen LogP contribution is 2.47. The largest absolute Gasteiger partial charge is 0.505 e. The van der Waals surface area contributed by atoms with E-state index in [1.807, 2.05) is 0 Å². The molecule has 0 heterocycles. The Kier molecular flexibility index (Phi) is 6.17. The van der Waals surface area contributed by atoms with Crippen LogP contribution in [0.3, 0.4) is 0 Å². The Morgan fingerprint density at radius 1 is 1.17 bits per heavy atom. The van der Waals surface area contributed by atoms with Gasteiger partial charge in [0.25, 0.3) is 0 Å². The Morgan fingerprint density at radius 2 is 1.87 bits per heavy atom. The Bertz CT molecular complexity index is 936. The smallest absolute Gasteiger partial charge is 0.221 e. The van der Waals surface area contributed by atoms with Crippen molar-refractivity contribution in [1.29, 1.82) is 0 Å². The van der Waals surface area contributed by atoms with Crippen molar-refractivity contribution in [1.82, 2.24) is 0 Å². The van der Waals surface area contributed by atoms with Crippen LogP contribution in [0, 0.1) is 23.7 Å². The molecule has 0 aliphatic heterocycles. The van der Waals surface area contributed by atoms with Crippen LogP contribution < -0.4 is 5.32 Å². The molecular weight excluding hydrogens is 390 g/mol. The summed E-state index contributed by atoms with van der Waals surface area (Å²) in [6.45, 7) is 2.33. The maximum atomic E-state index is 13.3. The van der Waals surface area contributed by atoms with Crippen molar-refractivity contribution in [2.24, 2.45) is 23.7 Å². The molecular formula is C22H25NO7. The number of amides is 1. The average molecular weight is 415 g/mol. The monoisotopic (exact) mass is 415 g/mol. The van der Waals surface area contributed by atoms with E-state index in [0.29, 0.717) is 18.4 Å². The maximum absolute atomic E-state index is 13.3. The van der Waals surface area contributed by atoms with E-state index >= 15 is 0 Å². The van der Waals surface area contributed by atoms with Crippen LogP contribution in [0.15, 0.2) is 12.1 Å². The molecule has 0 spiro atoms. The summed E-state index contributed by atoms with van der Waals surface area (Å²) in [4.78, 5) is 62.0. The van der Waals surface area contributed by atoms with E-state index in [2.05, 4.69) is 5.32 Å². The lowest BCUT2D eigenvalue weighted by Crippen LogP contribution is -2.50. The number of carbonyl (C=O) groups excluding carboxylic acids is 5. The first-order chi connectivity index (χ1) is 14.1. The number of fused-ring (bicyclic) bond motifs is 2. The number of aliphatic hydroxyl groups excluding tert-OH is 1. The lowest BCUT2D eigenvalue weighted by atomic mass is 9.59. The zero-order chi connectivity index (χ0) is 22.2. The molecule has 1 fully saturated rings. The van der Waals surface area contributed by atoms with Crippen molar-refractivity contribution in [2.45, 2.75) is 39.5 Å². The number of anilines is 1. The van der Waals surface area contributed by atoms with E-state index in [0.717, 1.165) is 0 Å². The number of phenols is 1. The van der Waals surface area contributed by atoms with Crippen LogP contribution in [0.2, 0.25) is 0 Å². The van der Waals surface area contributed by atoms with Gasteiger partial charge in [-0.2, -0.15) is 0 Å². The first kappa shape index (κ1) is 21.8. The number of nitrogens with one attached hydrogen (secondary N) is 1. The Labute approximate surface area is 173 Å². The third kappa shape index (κ3) is 3.92. The lowest BCUT2D eigenvalue weighted by molar-refractivity contribution is -0.142. The Morgan fingerprint density at radius 3 is 2.47 bits per heavy atom. The molecule has 160 valence electrons. The van der Waals surface area contributed by atoms with E-state index < -0.39 is 47.4 Å². The topological polar surface area (TPSA) is 138 Å².